The van der Waals surface area contributed by atoms with Crippen LogP contribution in [0.25, 0.3) is 55.7 Å². The number of benzene rings is 3. The van der Waals surface area contributed by atoms with Gasteiger partial charge in [-0.05, 0) is 89.4 Å². The van der Waals surface area contributed by atoms with Gasteiger partial charge in [0, 0.05) is 17.5 Å². The first kappa shape index (κ1) is 21.8. The van der Waals surface area contributed by atoms with Gasteiger partial charge in [-0.1, -0.05) is 37.3 Å². The quantitative estimate of drug-likeness (QED) is 0.268. The van der Waals surface area contributed by atoms with Crippen molar-refractivity contribution in [3.8, 4) is 33.8 Å². The number of aromatic nitrogens is 4. The molecule has 0 spiro atoms. The van der Waals surface area contributed by atoms with Crippen molar-refractivity contribution < 1.29 is 0 Å². The van der Waals surface area contributed by atoms with Gasteiger partial charge in [-0.25, -0.2) is 4.98 Å². The molecule has 0 unspecified atom stereocenters. The lowest BCUT2D eigenvalue weighted by Gasteiger charge is -2.13. The molecule has 5 nitrogen and oxygen atoms in total. The predicted octanol–water partition coefficient (Wildman–Crippen LogP) is 7.13. The fraction of sp³-hybridized carbons (Fsp3) is 0.172. The van der Waals surface area contributed by atoms with E-state index in [1.165, 1.54) is 27.8 Å². The van der Waals surface area contributed by atoms with Gasteiger partial charge in [-0.3, -0.25) is 5.10 Å². The van der Waals surface area contributed by atoms with E-state index in [0.717, 1.165) is 52.0 Å². The summed E-state index contributed by atoms with van der Waals surface area (Å²) in [6.07, 6.45) is 1.01. The summed E-state index contributed by atoms with van der Waals surface area (Å²) in [7, 11) is 4.22. The van der Waals surface area contributed by atoms with E-state index in [1.54, 1.807) is 11.3 Å². The zero-order chi connectivity index (χ0) is 23.9. The number of fused-ring (bicyclic) bond motifs is 2. The van der Waals surface area contributed by atoms with E-state index < -0.39 is 0 Å². The molecule has 0 atom stereocenters. The molecule has 6 heteroatoms. The number of para-hydroxylation sites is 1. The monoisotopic (exact) mass is 477 g/mol. The van der Waals surface area contributed by atoms with E-state index in [9.17, 15) is 0 Å². The van der Waals surface area contributed by atoms with Gasteiger partial charge in [-0.15, -0.1) is 0 Å². The van der Waals surface area contributed by atoms with Crippen LogP contribution in [0.3, 0.4) is 0 Å². The molecular formula is C29H27N5S. The Hall–Kier alpha value is -3.74. The number of nitrogens with one attached hydrogen (secondary N) is 2. The minimum atomic E-state index is 0.779. The molecule has 0 aliphatic rings. The molecule has 174 valence electrons. The number of nitrogens with zero attached hydrogens (tertiary/aromatic N) is 3. The van der Waals surface area contributed by atoms with Crippen molar-refractivity contribution in [3.63, 3.8) is 0 Å². The molecule has 3 heterocycles. The Morgan fingerprint density at radius 3 is 2.57 bits per heavy atom. The number of aromatic amines is 2. The summed E-state index contributed by atoms with van der Waals surface area (Å²) < 4.78 is 0. The van der Waals surface area contributed by atoms with Crippen molar-refractivity contribution in [2.75, 3.05) is 14.1 Å². The second-order valence-corrected chi connectivity index (χ2v) is 10.0. The van der Waals surface area contributed by atoms with Gasteiger partial charge in [0.2, 0.25) is 0 Å². The third-order valence-electron chi connectivity index (χ3n) is 6.42. The SMILES string of the molecule is CCc1cc(CN(C)C)cc(-c2ccc3[nH]nc(-c4nc5c(-c6ccsc6)cccc5[nH]4)c3c2)c1. The number of hydrogen-bond donors (Lipinski definition) is 2. The number of thiophene rings is 1. The Bertz CT molecular complexity index is 1640. The lowest BCUT2D eigenvalue weighted by atomic mass is 9.97. The molecule has 0 aliphatic heterocycles. The summed E-state index contributed by atoms with van der Waals surface area (Å²) in [5, 5.41) is 13.2. The molecular weight excluding hydrogens is 450 g/mol. The topological polar surface area (TPSA) is 60.6 Å². The van der Waals surface area contributed by atoms with Gasteiger partial charge in [-0.2, -0.15) is 16.4 Å². The van der Waals surface area contributed by atoms with Crippen LogP contribution in [0.5, 0.6) is 0 Å². The summed E-state index contributed by atoms with van der Waals surface area (Å²) in [4.78, 5) is 10.7. The minimum Gasteiger partial charge on any atom is -0.337 e. The van der Waals surface area contributed by atoms with Crippen LogP contribution in [0.4, 0.5) is 0 Å². The second kappa shape index (κ2) is 8.80. The molecule has 3 aromatic heterocycles. The molecule has 0 radical (unpaired) electrons. The average Bonchev–Trinajstić information content (AvgIpc) is 3.61. The zero-order valence-corrected chi connectivity index (χ0v) is 20.9. The molecule has 0 amide bonds. The molecule has 0 bridgehead atoms. The van der Waals surface area contributed by atoms with E-state index in [4.69, 9.17) is 4.98 Å². The second-order valence-electron chi connectivity index (χ2n) is 9.26. The van der Waals surface area contributed by atoms with E-state index in [2.05, 4.69) is 113 Å². The van der Waals surface area contributed by atoms with Crippen molar-refractivity contribution in [2.24, 2.45) is 0 Å². The highest BCUT2D eigenvalue weighted by Crippen LogP contribution is 2.34. The highest BCUT2D eigenvalue weighted by molar-refractivity contribution is 7.08. The smallest absolute Gasteiger partial charge is 0.159 e. The van der Waals surface area contributed by atoms with Crippen LogP contribution in [0.2, 0.25) is 0 Å². The lowest BCUT2D eigenvalue weighted by molar-refractivity contribution is 0.402. The zero-order valence-electron chi connectivity index (χ0n) is 20.1. The summed E-state index contributed by atoms with van der Waals surface area (Å²) in [5.74, 6) is 0.779. The minimum absolute atomic E-state index is 0.779. The van der Waals surface area contributed by atoms with Crippen molar-refractivity contribution in [1.29, 1.82) is 0 Å². The largest absolute Gasteiger partial charge is 0.337 e. The maximum atomic E-state index is 5.00. The first-order chi connectivity index (χ1) is 17.1. The van der Waals surface area contributed by atoms with E-state index in [1.807, 2.05) is 0 Å². The van der Waals surface area contributed by atoms with Gasteiger partial charge >= 0.3 is 0 Å². The van der Waals surface area contributed by atoms with E-state index in [-0.39, 0.29) is 0 Å². The summed E-state index contributed by atoms with van der Waals surface area (Å²) >= 11 is 1.70. The van der Waals surface area contributed by atoms with Gasteiger partial charge in [0.15, 0.2) is 5.82 Å². The average molecular weight is 478 g/mol. The van der Waals surface area contributed by atoms with Gasteiger partial charge in [0.25, 0.3) is 0 Å². The van der Waals surface area contributed by atoms with Crippen LogP contribution in [0.15, 0.2) is 71.4 Å². The highest BCUT2D eigenvalue weighted by atomic mass is 32.1. The molecule has 6 aromatic rings. The van der Waals surface area contributed by atoms with Gasteiger partial charge in [0.1, 0.15) is 5.69 Å². The number of H-pyrrole nitrogens is 2. The summed E-state index contributed by atoms with van der Waals surface area (Å²) in [6, 6.07) is 21.8. The lowest BCUT2D eigenvalue weighted by Crippen LogP contribution is -2.10. The van der Waals surface area contributed by atoms with Crippen molar-refractivity contribution >= 4 is 33.3 Å². The van der Waals surface area contributed by atoms with Gasteiger partial charge < -0.3 is 9.88 Å². The Balaban J connectivity index is 1.46. The van der Waals surface area contributed by atoms with Crippen molar-refractivity contribution in [3.05, 3.63) is 82.6 Å². The first-order valence-corrected chi connectivity index (χ1v) is 12.8. The molecule has 2 N–H and O–H groups in total. The molecule has 0 saturated carbocycles. The van der Waals surface area contributed by atoms with E-state index in [0.29, 0.717) is 0 Å². The fourth-order valence-electron chi connectivity index (χ4n) is 4.76. The maximum absolute atomic E-state index is 5.00. The molecule has 0 saturated heterocycles. The van der Waals surface area contributed by atoms with Gasteiger partial charge in [0.05, 0.1) is 16.6 Å². The molecule has 3 aromatic carbocycles. The summed E-state index contributed by atoms with van der Waals surface area (Å²) in [6.45, 7) is 3.13. The summed E-state index contributed by atoms with van der Waals surface area (Å²) in [5.41, 5.74) is 11.3. The number of aryl methyl sites for hydroxylation is 1. The predicted molar refractivity (Wildman–Crippen MR) is 147 cm³/mol. The van der Waals surface area contributed by atoms with Crippen molar-refractivity contribution in [2.45, 2.75) is 19.9 Å². The van der Waals surface area contributed by atoms with Crippen LogP contribution >= 0.6 is 11.3 Å². The third-order valence-corrected chi connectivity index (χ3v) is 7.11. The first-order valence-electron chi connectivity index (χ1n) is 11.9. The molecule has 0 fully saturated rings. The number of rotatable bonds is 6. The number of hydrogen-bond acceptors (Lipinski definition) is 4. The third kappa shape index (κ3) is 4.05. The Kier molecular flexibility index (Phi) is 5.47. The normalized spacial score (nSPS) is 11.8. The fourth-order valence-corrected chi connectivity index (χ4v) is 5.41. The number of imidazole rings is 1. The Morgan fingerprint density at radius 2 is 1.77 bits per heavy atom. The standard InChI is InChI=1S/C29H27N5S/c1-4-18-12-19(16-34(2)3)14-22(13-18)20-8-9-25-24(15-20)28(33-32-25)29-30-26-7-5-6-23(27(26)31-29)21-10-11-35-17-21/h5-15,17H,4,16H2,1-3H3,(H,30,31)(H,32,33). The van der Waals surface area contributed by atoms with Crippen LogP contribution < -0.4 is 0 Å². The molecule has 6 rings (SSSR count). The highest BCUT2D eigenvalue weighted by Gasteiger charge is 2.16. The Labute approximate surface area is 208 Å². The Morgan fingerprint density at radius 1 is 0.886 bits per heavy atom. The van der Waals surface area contributed by atoms with Crippen molar-refractivity contribution in [1.82, 2.24) is 25.1 Å². The van der Waals surface area contributed by atoms with Crippen LogP contribution in [0.1, 0.15) is 18.1 Å². The molecule has 0 aliphatic carbocycles. The van der Waals surface area contributed by atoms with Crippen LogP contribution in [-0.2, 0) is 13.0 Å². The maximum Gasteiger partial charge on any atom is 0.159 e. The van der Waals surface area contributed by atoms with Crippen LogP contribution in [0, 0.1) is 0 Å². The van der Waals surface area contributed by atoms with E-state index >= 15 is 0 Å². The molecule has 35 heavy (non-hydrogen) atoms. The van der Waals surface area contributed by atoms with Crippen LogP contribution in [-0.4, -0.2) is 39.2 Å².